The van der Waals surface area contributed by atoms with Crippen molar-refractivity contribution in [3.63, 3.8) is 0 Å². The highest BCUT2D eigenvalue weighted by atomic mass is 16.5. The number of para-hydroxylation sites is 1. The van der Waals surface area contributed by atoms with Gasteiger partial charge < -0.3 is 15.2 Å². The smallest absolute Gasteiger partial charge is 0.280 e. The molecule has 0 fully saturated rings. The van der Waals surface area contributed by atoms with E-state index in [1.807, 2.05) is 37.3 Å². The van der Waals surface area contributed by atoms with Crippen LogP contribution in [-0.2, 0) is 9.59 Å². The highest BCUT2D eigenvalue weighted by molar-refractivity contribution is 6.32. The molecule has 0 unspecified atom stereocenters. The number of carbonyl (C=O) groups is 2. The van der Waals surface area contributed by atoms with Gasteiger partial charge in [-0.2, -0.15) is 10.1 Å². The molecule has 0 bridgehead atoms. The summed E-state index contributed by atoms with van der Waals surface area (Å²) in [7, 11) is 0. The second-order valence-electron chi connectivity index (χ2n) is 6.09. The summed E-state index contributed by atoms with van der Waals surface area (Å²) in [4.78, 5) is 23.8. The fourth-order valence-electron chi connectivity index (χ4n) is 2.75. The molecular weight excluding hydrogens is 358 g/mol. The Kier molecular flexibility index (Phi) is 5.74. The SMILES string of the molecule is CCOc1cc(C=C2C(=O)N(c3ccccc3)N=C2C)ccc1OCC(N)=O. The van der Waals surface area contributed by atoms with Gasteiger partial charge in [0.25, 0.3) is 11.8 Å². The molecule has 1 aliphatic rings. The molecule has 0 spiro atoms. The molecule has 0 saturated carbocycles. The van der Waals surface area contributed by atoms with Crippen molar-refractivity contribution in [1.29, 1.82) is 0 Å². The monoisotopic (exact) mass is 379 g/mol. The molecule has 0 saturated heterocycles. The van der Waals surface area contributed by atoms with Crippen LogP contribution in [0.2, 0.25) is 0 Å². The quantitative estimate of drug-likeness (QED) is 0.749. The van der Waals surface area contributed by atoms with Gasteiger partial charge in [-0.3, -0.25) is 9.59 Å². The summed E-state index contributed by atoms with van der Waals surface area (Å²) < 4.78 is 11.0. The topological polar surface area (TPSA) is 94.2 Å². The minimum atomic E-state index is -0.571. The number of nitrogens with zero attached hydrogens (tertiary/aromatic N) is 2. The Bertz CT molecular complexity index is 951. The fraction of sp³-hybridized carbons (Fsp3) is 0.190. The van der Waals surface area contributed by atoms with E-state index in [1.165, 1.54) is 5.01 Å². The third kappa shape index (κ3) is 4.20. The molecule has 2 aromatic rings. The zero-order chi connectivity index (χ0) is 20.1. The number of hydrogen-bond acceptors (Lipinski definition) is 5. The number of carbonyl (C=O) groups excluding carboxylic acids is 2. The first-order valence-corrected chi connectivity index (χ1v) is 8.84. The summed E-state index contributed by atoms with van der Waals surface area (Å²) in [6.45, 7) is 3.82. The zero-order valence-electron chi connectivity index (χ0n) is 15.7. The predicted molar refractivity (Wildman–Crippen MR) is 107 cm³/mol. The molecule has 7 heteroatoms. The van der Waals surface area contributed by atoms with Crippen LogP contribution in [0.25, 0.3) is 6.08 Å². The number of primary amides is 1. The molecule has 28 heavy (non-hydrogen) atoms. The van der Waals surface area contributed by atoms with E-state index >= 15 is 0 Å². The van der Waals surface area contributed by atoms with E-state index in [-0.39, 0.29) is 12.5 Å². The number of benzene rings is 2. The van der Waals surface area contributed by atoms with Crippen molar-refractivity contribution in [2.24, 2.45) is 10.8 Å². The minimum Gasteiger partial charge on any atom is -0.490 e. The molecule has 0 atom stereocenters. The first kappa shape index (κ1) is 19.2. The second kappa shape index (κ2) is 8.39. The molecule has 144 valence electrons. The standard InChI is InChI=1S/C21H21N3O4/c1-3-27-19-12-15(9-10-18(19)28-13-20(22)25)11-17-14(2)23-24(21(17)26)16-7-5-4-6-8-16/h4-12H,3,13H2,1-2H3,(H2,22,25). The summed E-state index contributed by atoms with van der Waals surface area (Å²) >= 11 is 0. The van der Waals surface area contributed by atoms with Gasteiger partial charge in [-0.05, 0) is 49.8 Å². The van der Waals surface area contributed by atoms with Crippen molar-refractivity contribution >= 4 is 29.3 Å². The molecule has 3 rings (SSSR count). The van der Waals surface area contributed by atoms with E-state index in [0.29, 0.717) is 35.1 Å². The molecule has 2 amide bonds. The van der Waals surface area contributed by atoms with Crippen LogP contribution < -0.4 is 20.2 Å². The second-order valence-corrected chi connectivity index (χ2v) is 6.09. The Morgan fingerprint density at radius 2 is 1.89 bits per heavy atom. The summed E-state index contributed by atoms with van der Waals surface area (Å²) in [5.74, 6) is 0.114. The Hall–Kier alpha value is -3.61. The fourth-order valence-corrected chi connectivity index (χ4v) is 2.75. The van der Waals surface area contributed by atoms with Gasteiger partial charge in [0, 0.05) is 0 Å². The lowest BCUT2D eigenvalue weighted by molar-refractivity contribution is -0.120. The summed E-state index contributed by atoms with van der Waals surface area (Å²) in [5.41, 5.74) is 7.71. The highest BCUT2D eigenvalue weighted by Crippen LogP contribution is 2.31. The van der Waals surface area contributed by atoms with E-state index in [9.17, 15) is 9.59 Å². The lowest BCUT2D eigenvalue weighted by Gasteiger charge is -2.12. The van der Waals surface area contributed by atoms with Crippen LogP contribution in [0.1, 0.15) is 19.4 Å². The first-order valence-electron chi connectivity index (χ1n) is 8.84. The summed E-state index contributed by atoms with van der Waals surface area (Å²) in [5, 5.41) is 5.75. The maximum Gasteiger partial charge on any atom is 0.280 e. The van der Waals surface area contributed by atoms with Crippen LogP contribution in [0.4, 0.5) is 5.69 Å². The lowest BCUT2D eigenvalue weighted by atomic mass is 10.1. The largest absolute Gasteiger partial charge is 0.490 e. The van der Waals surface area contributed by atoms with Crippen LogP contribution in [-0.4, -0.2) is 30.7 Å². The van der Waals surface area contributed by atoms with Crippen molar-refractivity contribution in [2.75, 3.05) is 18.2 Å². The molecule has 7 nitrogen and oxygen atoms in total. The number of amides is 2. The van der Waals surface area contributed by atoms with Crippen LogP contribution in [0.3, 0.4) is 0 Å². The number of anilines is 1. The highest BCUT2D eigenvalue weighted by Gasteiger charge is 2.28. The Labute approximate surface area is 163 Å². The number of rotatable bonds is 7. The van der Waals surface area contributed by atoms with Crippen molar-refractivity contribution in [3.05, 3.63) is 59.7 Å². The number of hydrogen-bond donors (Lipinski definition) is 1. The van der Waals surface area contributed by atoms with E-state index in [0.717, 1.165) is 5.56 Å². The van der Waals surface area contributed by atoms with Crippen LogP contribution in [0.15, 0.2) is 59.2 Å². The molecule has 0 radical (unpaired) electrons. The lowest BCUT2D eigenvalue weighted by Crippen LogP contribution is -2.21. The van der Waals surface area contributed by atoms with Gasteiger partial charge in [-0.15, -0.1) is 0 Å². The van der Waals surface area contributed by atoms with Crippen molar-refractivity contribution in [3.8, 4) is 11.5 Å². The zero-order valence-corrected chi connectivity index (χ0v) is 15.7. The average molecular weight is 379 g/mol. The van der Waals surface area contributed by atoms with Crippen LogP contribution >= 0.6 is 0 Å². The summed E-state index contributed by atoms with van der Waals surface area (Å²) in [6, 6.07) is 14.5. The molecule has 2 aromatic carbocycles. The van der Waals surface area contributed by atoms with Gasteiger partial charge in [-0.25, -0.2) is 0 Å². The van der Waals surface area contributed by atoms with Crippen LogP contribution in [0.5, 0.6) is 11.5 Å². The Morgan fingerprint density at radius 1 is 1.14 bits per heavy atom. The summed E-state index contributed by atoms with van der Waals surface area (Å²) in [6.07, 6.45) is 1.75. The maximum atomic E-state index is 12.8. The van der Waals surface area contributed by atoms with Gasteiger partial charge in [0.2, 0.25) is 0 Å². The molecule has 2 N–H and O–H groups in total. The Morgan fingerprint density at radius 3 is 2.57 bits per heavy atom. The van der Waals surface area contributed by atoms with E-state index < -0.39 is 5.91 Å². The van der Waals surface area contributed by atoms with Gasteiger partial charge in [0.1, 0.15) is 0 Å². The average Bonchev–Trinajstić information content (AvgIpc) is 2.96. The first-order chi connectivity index (χ1) is 13.5. The third-order valence-electron chi connectivity index (χ3n) is 4.01. The Balaban J connectivity index is 1.88. The maximum absolute atomic E-state index is 12.8. The number of hydrazone groups is 1. The molecule has 0 aromatic heterocycles. The predicted octanol–water partition coefficient (Wildman–Crippen LogP) is 2.76. The van der Waals surface area contributed by atoms with Crippen molar-refractivity contribution in [1.82, 2.24) is 0 Å². The van der Waals surface area contributed by atoms with Crippen LogP contribution in [0, 0.1) is 0 Å². The minimum absolute atomic E-state index is 0.198. The number of nitrogens with two attached hydrogens (primary N) is 1. The molecule has 1 aliphatic heterocycles. The normalized spacial score (nSPS) is 14.9. The van der Waals surface area contributed by atoms with Crippen molar-refractivity contribution < 1.29 is 19.1 Å². The molecule has 0 aliphatic carbocycles. The van der Waals surface area contributed by atoms with E-state index in [2.05, 4.69) is 5.10 Å². The van der Waals surface area contributed by atoms with Gasteiger partial charge in [-0.1, -0.05) is 24.3 Å². The van der Waals surface area contributed by atoms with E-state index in [4.69, 9.17) is 15.2 Å². The molecular formula is C21H21N3O4. The van der Waals surface area contributed by atoms with Gasteiger partial charge >= 0.3 is 0 Å². The van der Waals surface area contributed by atoms with Gasteiger partial charge in [0.05, 0.1) is 23.6 Å². The number of ether oxygens (including phenoxy) is 2. The van der Waals surface area contributed by atoms with E-state index in [1.54, 1.807) is 31.2 Å². The molecule has 1 heterocycles. The van der Waals surface area contributed by atoms with Crippen molar-refractivity contribution in [2.45, 2.75) is 13.8 Å². The third-order valence-corrected chi connectivity index (χ3v) is 4.01. The van der Waals surface area contributed by atoms with Gasteiger partial charge in [0.15, 0.2) is 18.1 Å².